The summed E-state index contributed by atoms with van der Waals surface area (Å²) in [6, 6.07) is 17.0. The monoisotopic (exact) mass is 250 g/mol. The van der Waals surface area contributed by atoms with Gasteiger partial charge in [-0.15, -0.1) is 0 Å². The average molecular weight is 250 g/mol. The van der Waals surface area contributed by atoms with E-state index in [-0.39, 0.29) is 0 Å². The standard InChI is InChI=1S/C16H11OP/c1-2-7-13-11(5-1)12-6-3-4-8-14(12)16-15(13)9-10-18-17-16/h1-10,18H. The van der Waals surface area contributed by atoms with Gasteiger partial charge in [0.25, 0.3) is 0 Å². The molecule has 0 aliphatic carbocycles. The summed E-state index contributed by atoms with van der Waals surface area (Å²) in [5.74, 6) is 3.13. The van der Waals surface area contributed by atoms with Crippen molar-refractivity contribution >= 4 is 36.4 Å². The third kappa shape index (κ3) is 1.31. The van der Waals surface area contributed by atoms with Crippen LogP contribution in [0.5, 0.6) is 5.75 Å². The minimum Gasteiger partial charge on any atom is -0.472 e. The third-order valence-electron chi connectivity index (χ3n) is 3.40. The molecule has 1 aliphatic rings. The fourth-order valence-electron chi connectivity index (χ4n) is 2.62. The summed E-state index contributed by atoms with van der Waals surface area (Å²) >= 11 is 0. The van der Waals surface area contributed by atoms with Gasteiger partial charge in [-0.1, -0.05) is 48.5 Å². The summed E-state index contributed by atoms with van der Waals surface area (Å²) in [6.45, 7) is 0. The molecule has 1 unspecified atom stereocenters. The molecule has 0 radical (unpaired) electrons. The Kier molecular flexibility index (Phi) is 2.15. The van der Waals surface area contributed by atoms with E-state index in [0.717, 1.165) is 5.75 Å². The van der Waals surface area contributed by atoms with E-state index in [0.29, 0.717) is 8.81 Å². The molecular weight excluding hydrogens is 239 g/mol. The zero-order chi connectivity index (χ0) is 11.9. The maximum absolute atomic E-state index is 5.89. The van der Waals surface area contributed by atoms with Crippen molar-refractivity contribution in [2.45, 2.75) is 0 Å². The van der Waals surface area contributed by atoms with Crippen molar-refractivity contribution in [1.82, 2.24) is 0 Å². The van der Waals surface area contributed by atoms with E-state index in [9.17, 15) is 0 Å². The molecule has 3 aromatic carbocycles. The van der Waals surface area contributed by atoms with Crippen molar-refractivity contribution in [3.05, 3.63) is 59.9 Å². The van der Waals surface area contributed by atoms with Crippen LogP contribution >= 0.6 is 8.81 Å². The molecule has 0 fully saturated rings. The highest BCUT2D eigenvalue weighted by atomic mass is 31.1. The number of fused-ring (bicyclic) bond motifs is 6. The van der Waals surface area contributed by atoms with Crippen LogP contribution in [0.1, 0.15) is 5.56 Å². The van der Waals surface area contributed by atoms with Gasteiger partial charge in [-0.3, -0.25) is 0 Å². The quantitative estimate of drug-likeness (QED) is 0.405. The first kappa shape index (κ1) is 10.1. The minimum atomic E-state index is 0.423. The summed E-state index contributed by atoms with van der Waals surface area (Å²) in [4.78, 5) is 0. The molecule has 18 heavy (non-hydrogen) atoms. The van der Waals surface area contributed by atoms with Gasteiger partial charge in [0, 0.05) is 10.9 Å². The van der Waals surface area contributed by atoms with Crippen LogP contribution in [0.15, 0.2) is 54.3 Å². The molecule has 0 amide bonds. The second kappa shape index (κ2) is 3.83. The van der Waals surface area contributed by atoms with E-state index >= 15 is 0 Å². The topological polar surface area (TPSA) is 9.23 Å². The molecule has 0 saturated heterocycles. The molecule has 0 aromatic heterocycles. The second-order valence-electron chi connectivity index (χ2n) is 4.39. The molecule has 0 N–H and O–H groups in total. The van der Waals surface area contributed by atoms with Crippen LogP contribution in [0.2, 0.25) is 0 Å². The van der Waals surface area contributed by atoms with Crippen LogP contribution in [0.4, 0.5) is 0 Å². The lowest BCUT2D eigenvalue weighted by molar-refractivity contribution is 0.643. The zero-order valence-corrected chi connectivity index (χ0v) is 10.7. The number of benzene rings is 3. The van der Waals surface area contributed by atoms with Gasteiger partial charge in [0.15, 0.2) is 0 Å². The van der Waals surface area contributed by atoms with Gasteiger partial charge in [-0.05, 0) is 28.1 Å². The van der Waals surface area contributed by atoms with Crippen LogP contribution < -0.4 is 4.52 Å². The van der Waals surface area contributed by atoms with Crippen LogP contribution in [0.25, 0.3) is 27.6 Å². The zero-order valence-electron chi connectivity index (χ0n) is 9.68. The highest BCUT2D eigenvalue weighted by Gasteiger charge is 2.15. The number of hydrogen-bond donors (Lipinski definition) is 0. The Morgan fingerprint density at radius 3 is 2.11 bits per heavy atom. The molecule has 4 rings (SSSR count). The second-order valence-corrected chi connectivity index (χ2v) is 5.16. The van der Waals surface area contributed by atoms with E-state index in [1.807, 2.05) is 0 Å². The van der Waals surface area contributed by atoms with Gasteiger partial charge in [-0.25, -0.2) is 0 Å². The summed E-state index contributed by atoms with van der Waals surface area (Å²) in [5, 5.41) is 5.05. The predicted octanol–water partition coefficient (Wildman–Crippen LogP) is 4.95. The maximum Gasteiger partial charge on any atom is 0.139 e. The highest BCUT2D eigenvalue weighted by molar-refractivity contribution is 7.37. The summed E-state index contributed by atoms with van der Waals surface area (Å²) < 4.78 is 5.89. The lowest BCUT2D eigenvalue weighted by Gasteiger charge is -2.17. The SMILES string of the molecule is C1=Cc2c(c3ccccc3c3ccccc23)OP1. The van der Waals surface area contributed by atoms with Crippen molar-refractivity contribution in [3.8, 4) is 5.75 Å². The Labute approximate surface area is 107 Å². The van der Waals surface area contributed by atoms with E-state index in [4.69, 9.17) is 4.52 Å². The van der Waals surface area contributed by atoms with Crippen molar-refractivity contribution in [2.75, 3.05) is 0 Å². The average Bonchev–Trinajstić information content (AvgIpc) is 2.48. The summed E-state index contributed by atoms with van der Waals surface area (Å²) in [7, 11) is 0.423. The van der Waals surface area contributed by atoms with Crippen molar-refractivity contribution in [3.63, 3.8) is 0 Å². The third-order valence-corrected chi connectivity index (χ3v) is 4.03. The van der Waals surface area contributed by atoms with Gasteiger partial charge < -0.3 is 4.52 Å². The van der Waals surface area contributed by atoms with Gasteiger partial charge in [0.1, 0.15) is 5.75 Å². The maximum atomic E-state index is 5.89. The number of rotatable bonds is 0. The van der Waals surface area contributed by atoms with Gasteiger partial charge >= 0.3 is 0 Å². The van der Waals surface area contributed by atoms with Gasteiger partial charge in [0.05, 0.1) is 8.81 Å². The highest BCUT2D eigenvalue weighted by Crippen LogP contribution is 2.43. The Bertz CT molecular complexity index is 790. The lowest BCUT2D eigenvalue weighted by Crippen LogP contribution is -1.91. The molecule has 2 heteroatoms. The predicted molar refractivity (Wildman–Crippen MR) is 79.4 cm³/mol. The Morgan fingerprint density at radius 2 is 1.33 bits per heavy atom. The first-order valence-corrected chi connectivity index (χ1v) is 6.96. The molecule has 3 aromatic rings. The minimum absolute atomic E-state index is 0.423. The normalized spacial score (nSPS) is 14.9. The largest absolute Gasteiger partial charge is 0.472 e. The van der Waals surface area contributed by atoms with E-state index in [1.54, 1.807) is 0 Å². The van der Waals surface area contributed by atoms with Crippen LogP contribution in [0.3, 0.4) is 0 Å². The van der Waals surface area contributed by atoms with Crippen molar-refractivity contribution < 1.29 is 4.52 Å². The first-order valence-electron chi connectivity index (χ1n) is 5.97. The molecule has 0 saturated carbocycles. The van der Waals surface area contributed by atoms with Crippen molar-refractivity contribution in [1.29, 1.82) is 0 Å². The molecule has 1 nitrogen and oxygen atoms in total. The molecule has 86 valence electrons. The van der Waals surface area contributed by atoms with E-state index in [1.165, 1.54) is 27.1 Å². The van der Waals surface area contributed by atoms with Crippen LogP contribution in [-0.4, -0.2) is 0 Å². The van der Waals surface area contributed by atoms with Crippen LogP contribution in [0, 0.1) is 0 Å². The molecule has 1 atom stereocenters. The summed E-state index contributed by atoms with van der Waals surface area (Å²) in [6.07, 6.45) is 2.19. The Balaban J connectivity index is 2.33. The first-order chi connectivity index (χ1) is 8.95. The van der Waals surface area contributed by atoms with Gasteiger partial charge in [0.2, 0.25) is 0 Å². The summed E-state index contributed by atoms with van der Waals surface area (Å²) in [5.41, 5.74) is 1.21. The molecule has 1 heterocycles. The molecule has 1 aliphatic heterocycles. The molecule has 0 bridgehead atoms. The van der Waals surface area contributed by atoms with Gasteiger partial charge in [-0.2, -0.15) is 0 Å². The van der Waals surface area contributed by atoms with Crippen LogP contribution in [-0.2, 0) is 0 Å². The fourth-order valence-corrected chi connectivity index (χ4v) is 3.26. The Morgan fingerprint density at radius 1 is 0.722 bits per heavy atom. The van der Waals surface area contributed by atoms with E-state index < -0.39 is 0 Å². The lowest BCUT2D eigenvalue weighted by atomic mass is 9.96. The fraction of sp³-hybridized carbons (Fsp3) is 0. The Hall–Kier alpha value is -1.85. The molecular formula is C16H11OP. The number of hydrogen-bond acceptors (Lipinski definition) is 1. The van der Waals surface area contributed by atoms with Crippen molar-refractivity contribution in [2.24, 2.45) is 0 Å². The molecule has 0 spiro atoms. The van der Waals surface area contributed by atoms with E-state index in [2.05, 4.69) is 60.4 Å². The smallest absolute Gasteiger partial charge is 0.139 e.